The van der Waals surface area contributed by atoms with Crippen molar-refractivity contribution in [3.63, 3.8) is 0 Å². The summed E-state index contributed by atoms with van der Waals surface area (Å²) in [4.78, 5) is 4.88. The van der Waals surface area contributed by atoms with Crippen LogP contribution in [0.5, 0.6) is 11.5 Å². The molecule has 4 atom stereocenters. The summed E-state index contributed by atoms with van der Waals surface area (Å²) in [6, 6.07) is 14.3. The molecule has 2 aromatic carbocycles. The maximum absolute atomic E-state index is 6.52. The van der Waals surface area contributed by atoms with Crippen LogP contribution in [0.1, 0.15) is 72.5 Å². The second-order valence-electron chi connectivity index (χ2n) is 12.6. The number of aromatic nitrogens is 1. The Morgan fingerprint density at radius 1 is 0.500 bits per heavy atom. The van der Waals surface area contributed by atoms with Crippen LogP contribution in [0.3, 0.4) is 0 Å². The van der Waals surface area contributed by atoms with Crippen LogP contribution < -0.4 is 9.47 Å². The van der Waals surface area contributed by atoms with Gasteiger partial charge in [0.15, 0.2) is 0 Å². The van der Waals surface area contributed by atoms with Gasteiger partial charge >= 0.3 is 0 Å². The van der Waals surface area contributed by atoms with Crippen LogP contribution in [-0.4, -0.2) is 55.8 Å². The number of hydrogen-bond donors (Lipinski definition) is 0. The van der Waals surface area contributed by atoms with E-state index < -0.39 is 0 Å². The van der Waals surface area contributed by atoms with E-state index in [2.05, 4.69) is 38.1 Å². The van der Waals surface area contributed by atoms with Crippen LogP contribution in [0.4, 0.5) is 0 Å². The zero-order valence-electron chi connectivity index (χ0n) is 28.1. The molecule has 3 heterocycles. The van der Waals surface area contributed by atoms with Gasteiger partial charge in [-0.2, -0.15) is 0 Å². The van der Waals surface area contributed by atoms with Gasteiger partial charge in [-0.25, -0.2) is 0 Å². The third kappa shape index (κ3) is 9.97. The zero-order valence-corrected chi connectivity index (χ0v) is 28.1. The summed E-state index contributed by atoms with van der Waals surface area (Å²) >= 11 is 0. The summed E-state index contributed by atoms with van der Waals surface area (Å²) in [5.74, 6) is 1.50. The number of ether oxygens (including phenoxy) is 8. The van der Waals surface area contributed by atoms with Gasteiger partial charge < -0.3 is 37.9 Å². The molecule has 0 aliphatic carbocycles. The van der Waals surface area contributed by atoms with Crippen molar-refractivity contribution >= 4 is 0 Å². The van der Waals surface area contributed by atoms with Crippen molar-refractivity contribution in [2.45, 2.75) is 106 Å². The van der Waals surface area contributed by atoms with Crippen molar-refractivity contribution < 1.29 is 37.9 Å². The van der Waals surface area contributed by atoms with E-state index in [0.717, 1.165) is 56.3 Å². The molecule has 3 aromatic rings. The van der Waals surface area contributed by atoms with E-state index in [9.17, 15) is 0 Å². The quantitative estimate of drug-likeness (QED) is 0.273. The van der Waals surface area contributed by atoms with Crippen molar-refractivity contribution in [1.29, 1.82) is 0 Å². The summed E-state index contributed by atoms with van der Waals surface area (Å²) in [5, 5.41) is 0. The molecular weight excluding hydrogens is 586 g/mol. The van der Waals surface area contributed by atoms with Gasteiger partial charge in [0, 0.05) is 22.3 Å². The fourth-order valence-corrected chi connectivity index (χ4v) is 5.93. The molecule has 0 saturated heterocycles. The number of pyridine rings is 1. The molecule has 0 radical (unpaired) electrons. The van der Waals surface area contributed by atoms with E-state index in [1.54, 1.807) is 0 Å². The second kappa shape index (κ2) is 16.7. The Kier molecular flexibility index (Phi) is 12.4. The SMILES string of the molecule is Cc1cc2c3c(c1)COC[C@H](C)O[C@@H](C)COCc1cc(C)cc(c1OCc1cccc(n1)CO3)COC[C@H](C)O[C@@H](C)COC2. The van der Waals surface area contributed by atoms with E-state index in [-0.39, 0.29) is 37.6 Å². The maximum atomic E-state index is 6.52. The molecule has 0 spiro atoms. The number of aryl methyl sites for hydroxylation is 2. The predicted molar refractivity (Wildman–Crippen MR) is 174 cm³/mol. The van der Waals surface area contributed by atoms with Gasteiger partial charge in [0.25, 0.3) is 0 Å². The highest BCUT2D eigenvalue weighted by Gasteiger charge is 2.19. The average Bonchev–Trinajstić information content (AvgIpc) is 2.99. The van der Waals surface area contributed by atoms with E-state index in [0.29, 0.717) is 52.9 Å². The molecule has 0 fully saturated rings. The molecular formula is C37H49NO8. The van der Waals surface area contributed by atoms with Gasteiger partial charge in [-0.3, -0.25) is 4.98 Å². The third-order valence-corrected chi connectivity index (χ3v) is 7.74. The van der Waals surface area contributed by atoms with Gasteiger partial charge in [-0.1, -0.05) is 41.5 Å². The number of hydrogen-bond acceptors (Lipinski definition) is 9. The number of fused-ring (bicyclic) bond motifs is 2. The topological polar surface area (TPSA) is 86.7 Å². The molecule has 9 heteroatoms. The maximum Gasteiger partial charge on any atom is 0.130 e. The number of rotatable bonds is 0. The minimum atomic E-state index is -0.121. The van der Waals surface area contributed by atoms with Gasteiger partial charge in [0.1, 0.15) is 24.7 Å². The summed E-state index contributed by atoms with van der Waals surface area (Å²) in [6.45, 7) is 16.0. The highest BCUT2D eigenvalue weighted by molar-refractivity contribution is 5.45. The molecule has 2 aliphatic rings. The van der Waals surface area contributed by atoms with E-state index in [1.165, 1.54) is 0 Å². The van der Waals surface area contributed by atoms with Crippen molar-refractivity contribution in [3.8, 4) is 11.5 Å². The fraction of sp³-hybridized carbons (Fsp3) is 0.541. The van der Waals surface area contributed by atoms with Crippen molar-refractivity contribution in [3.05, 3.63) is 87.2 Å². The summed E-state index contributed by atoms with van der Waals surface area (Å²) in [6.07, 6.45) is -0.485. The number of nitrogens with zero attached hydrogens (tertiary/aromatic N) is 1. The third-order valence-electron chi connectivity index (χ3n) is 7.74. The summed E-state index contributed by atoms with van der Waals surface area (Å²) < 4.78 is 50.2. The first kappa shape index (κ1) is 34.3. The monoisotopic (exact) mass is 635 g/mol. The van der Waals surface area contributed by atoms with Crippen molar-refractivity contribution in [2.24, 2.45) is 0 Å². The Hall–Kier alpha value is -3.05. The first-order valence-electron chi connectivity index (χ1n) is 16.3. The number of benzene rings is 2. The van der Waals surface area contributed by atoms with Crippen LogP contribution in [0.2, 0.25) is 0 Å². The van der Waals surface area contributed by atoms with E-state index in [4.69, 9.17) is 42.9 Å². The van der Waals surface area contributed by atoms with Crippen LogP contribution in [0, 0.1) is 13.8 Å². The van der Waals surface area contributed by atoms with Gasteiger partial charge in [0.05, 0.1) is 88.7 Å². The van der Waals surface area contributed by atoms with Crippen LogP contribution in [0.15, 0.2) is 42.5 Å². The van der Waals surface area contributed by atoms with Gasteiger partial charge in [0.2, 0.25) is 0 Å². The second-order valence-corrected chi connectivity index (χ2v) is 12.6. The van der Waals surface area contributed by atoms with Crippen LogP contribution >= 0.6 is 0 Å². The lowest BCUT2D eigenvalue weighted by molar-refractivity contribution is -0.0768. The molecule has 0 amide bonds. The Morgan fingerprint density at radius 2 is 0.826 bits per heavy atom. The lowest BCUT2D eigenvalue weighted by Crippen LogP contribution is -2.26. The zero-order chi connectivity index (χ0) is 32.5. The Labute approximate surface area is 273 Å². The molecule has 9 nitrogen and oxygen atoms in total. The molecule has 2 aliphatic heterocycles. The molecule has 5 rings (SSSR count). The molecule has 1 aromatic heterocycles. The largest absolute Gasteiger partial charge is 0.487 e. The van der Waals surface area contributed by atoms with Crippen LogP contribution in [-0.2, 0) is 68.1 Å². The first-order chi connectivity index (χ1) is 22.2. The molecule has 250 valence electrons. The summed E-state index contributed by atoms with van der Waals surface area (Å²) in [7, 11) is 0. The fourth-order valence-electron chi connectivity index (χ4n) is 5.93. The minimum absolute atomic E-state index is 0.121. The van der Waals surface area contributed by atoms with Gasteiger partial charge in [-0.15, -0.1) is 0 Å². The molecule has 0 N–H and O–H groups in total. The Balaban J connectivity index is 1.54. The predicted octanol–water partition coefficient (Wildman–Crippen LogP) is 6.54. The molecule has 4 bridgehead atoms. The Morgan fingerprint density at radius 3 is 1.15 bits per heavy atom. The normalized spacial score (nSPS) is 24.1. The molecule has 0 saturated carbocycles. The smallest absolute Gasteiger partial charge is 0.130 e. The van der Waals surface area contributed by atoms with E-state index >= 15 is 0 Å². The Bertz CT molecular complexity index is 1260. The first-order valence-corrected chi connectivity index (χ1v) is 16.3. The lowest BCUT2D eigenvalue weighted by Gasteiger charge is -2.23. The lowest BCUT2D eigenvalue weighted by atomic mass is 10.1. The minimum Gasteiger partial charge on any atom is -0.487 e. The average molecular weight is 636 g/mol. The highest BCUT2D eigenvalue weighted by Crippen LogP contribution is 2.31. The molecule has 0 unspecified atom stereocenters. The van der Waals surface area contributed by atoms with Crippen molar-refractivity contribution in [1.82, 2.24) is 4.98 Å². The van der Waals surface area contributed by atoms with Crippen molar-refractivity contribution in [2.75, 3.05) is 26.4 Å². The van der Waals surface area contributed by atoms with Crippen LogP contribution in [0.25, 0.3) is 0 Å². The highest BCUT2D eigenvalue weighted by atomic mass is 16.6. The standard InChI is InChI=1S/C37H49NO8/c1-24-10-30-18-39-14-26(3)45-28(5)16-41-20-32-12-25(2)13-33-21-42-17-29(6)46-27(4)15-40-19-31(11-24)36(30)43-22-34-8-7-9-35(38-34)23-44-37(32)33/h7-13,26-29H,14-23H2,1-6H3/t26-,27-,28-,29-/m0/s1. The van der Waals surface area contributed by atoms with E-state index in [1.807, 2.05) is 45.9 Å². The van der Waals surface area contributed by atoms with Gasteiger partial charge in [-0.05, 0) is 53.7 Å². The summed E-state index contributed by atoms with van der Waals surface area (Å²) in [5.41, 5.74) is 7.61. The molecule has 46 heavy (non-hydrogen) atoms.